The number of aryl methyl sites for hydroxylation is 1. The third-order valence-electron chi connectivity index (χ3n) is 7.74. The molecule has 1 heterocycles. The Hall–Kier alpha value is -2.83. The molecule has 5 nitrogen and oxygen atoms in total. The number of carbonyl (C=O) groups excluding carboxylic acids is 1. The zero-order chi connectivity index (χ0) is 33.8. The van der Waals surface area contributed by atoms with Gasteiger partial charge in [-0.25, -0.2) is 0 Å². The average molecular weight is 661 g/mol. The molecule has 12 heteroatoms. The first-order chi connectivity index (χ1) is 20.7. The number of nitrogens with two attached hydrogens (primary N) is 2. The maximum atomic E-state index is 14.0. The first-order valence-electron chi connectivity index (χ1n) is 14.9. The monoisotopic (exact) mass is 660 g/mol. The minimum Gasteiger partial charge on any atom is -0.493 e. The van der Waals surface area contributed by atoms with Gasteiger partial charge in [0.05, 0.1) is 11.0 Å². The number of thiophene rings is 1. The van der Waals surface area contributed by atoms with Gasteiger partial charge in [0, 0.05) is 26.7 Å². The van der Waals surface area contributed by atoms with Crippen molar-refractivity contribution >= 4 is 27.4 Å². The molecule has 0 radical (unpaired) electrons. The minimum absolute atomic E-state index is 0.0435. The van der Waals surface area contributed by atoms with Crippen molar-refractivity contribution in [3.63, 3.8) is 0 Å². The Morgan fingerprint density at radius 3 is 2.22 bits per heavy atom. The summed E-state index contributed by atoms with van der Waals surface area (Å²) in [5.74, 6) is -2.90. The van der Waals surface area contributed by atoms with Crippen molar-refractivity contribution < 1.29 is 40.6 Å². The molecule has 4 N–H and O–H groups in total. The number of fused-ring (bicyclic) bond motifs is 1. The molecule has 0 saturated carbocycles. The molecule has 0 aliphatic rings. The van der Waals surface area contributed by atoms with Gasteiger partial charge in [0.2, 0.25) is 0 Å². The van der Waals surface area contributed by atoms with Crippen molar-refractivity contribution in [1.82, 2.24) is 0 Å². The lowest BCUT2D eigenvalue weighted by atomic mass is 9.79. The maximum absolute atomic E-state index is 14.0. The minimum atomic E-state index is -4.73. The fraction of sp³-hybridized carbons (Fsp3) is 0.545. The number of hydrogen-bond acceptors (Lipinski definition) is 6. The van der Waals surface area contributed by atoms with Crippen molar-refractivity contribution in [2.45, 2.75) is 90.7 Å². The van der Waals surface area contributed by atoms with E-state index < -0.39 is 60.0 Å². The molecule has 1 aromatic heterocycles. The number of esters is 1. The van der Waals surface area contributed by atoms with Crippen LogP contribution in [0.4, 0.5) is 26.3 Å². The second-order valence-corrected chi connectivity index (χ2v) is 13.9. The molecule has 45 heavy (non-hydrogen) atoms. The summed E-state index contributed by atoms with van der Waals surface area (Å²) in [4.78, 5) is 13.1. The SMILES string of the molecule is CCCCCc1ccc(-c2cc3ccc(OCC(COC(=O)C(C)(C)C(N)CC(C)(C)N)C(F)(F)F)cc3s2)c(C(F)(F)F)c1. The lowest BCUT2D eigenvalue weighted by Crippen LogP contribution is -2.50. The highest BCUT2D eigenvalue weighted by molar-refractivity contribution is 7.22. The van der Waals surface area contributed by atoms with E-state index >= 15 is 0 Å². The normalized spacial score (nSPS) is 14.4. The molecule has 3 rings (SSSR count). The van der Waals surface area contributed by atoms with E-state index in [0.29, 0.717) is 26.9 Å². The Kier molecular flexibility index (Phi) is 11.6. The quantitative estimate of drug-likeness (QED) is 0.102. The number of rotatable bonds is 14. The van der Waals surface area contributed by atoms with E-state index in [4.69, 9.17) is 20.9 Å². The molecule has 0 fully saturated rings. The van der Waals surface area contributed by atoms with Crippen LogP contribution in [0.1, 0.15) is 71.4 Å². The van der Waals surface area contributed by atoms with Crippen molar-refractivity contribution in [2.75, 3.05) is 13.2 Å². The van der Waals surface area contributed by atoms with E-state index in [9.17, 15) is 31.1 Å². The summed E-state index contributed by atoms with van der Waals surface area (Å²) in [6.07, 6.45) is -5.80. The summed E-state index contributed by atoms with van der Waals surface area (Å²) in [5, 5.41) is 0.628. The van der Waals surface area contributed by atoms with E-state index in [2.05, 4.69) is 0 Å². The van der Waals surface area contributed by atoms with Gasteiger partial charge in [-0.2, -0.15) is 26.3 Å². The van der Waals surface area contributed by atoms with E-state index in [1.54, 1.807) is 32.0 Å². The number of unbranched alkanes of at least 4 members (excludes halogenated alkanes) is 2. The molecule has 2 aromatic carbocycles. The fourth-order valence-corrected chi connectivity index (χ4v) is 5.91. The van der Waals surface area contributed by atoms with E-state index in [1.165, 1.54) is 38.1 Å². The molecular weight excluding hydrogens is 618 g/mol. The van der Waals surface area contributed by atoms with Gasteiger partial charge >= 0.3 is 18.3 Å². The van der Waals surface area contributed by atoms with Crippen LogP contribution in [-0.2, 0) is 22.1 Å². The van der Waals surface area contributed by atoms with Crippen LogP contribution in [0.3, 0.4) is 0 Å². The smallest absolute Gasteiger partial charge is 0.417 e. The molecular formula is C33H42F6N2O3S. The molecule has 2 atom stereocenters. The number of hydrogen-bond donors (Lipinski definition) is 2. The first-order valence-corrected chi connectivity index (χ1v) is 15.7. The molecule has 2 unspecified atom stereocenters. The molecule has 3 aromatic rings. The Balaban J connectivity index is 1.75. The molecule has 0 saturated heterocycles. The number of carbonyl (C=O) groups is 1. The van der Waals surface area contributed by atoms with E-state index in [0.717, 1.165) is 30.6 Å². The van der Waals surface area contributed by atoms with Crippen molar-refractivity contribution in [3.05, 3.63) is 53.6 Å². The van der Waals surface area contributed by atoms with Gasteiger partial charge in [0.25, 0.3) is 0 Å². The van der Waals surface area contributed by atoms with Crippen LogP contribution in [0.5, 0.6) is 5.75 Å². The summed E-state index contributed by atoms with van der Waals surface area (Å²) in [5.41, 5.74) is 10.1. The molecule has 0 amide bonds. The highest BCUT2D eigenvalue weighted by Gasteiger charge is 2.44. The second-order valence-electron chi connectivity index (χ2n) is 12.8. The third-order valence-corrected chi connectivity index (χ3v) is 8.88. The highest BCUT2D eigenvalue weighted by Crippen LogP contribution is 2.43. The van der Waals surface area contributed by atoms with Crippen LogP contribution >= 0.6 is 11.3 Å². The molecule has 0 bridgehead atoms. The van der Waals surface area contributed by atoms with Crippen molar-refractivity contribution in [1.29, 1.82) is 0 Å². The Bertz CT molecular complexity index is 1440. The number of benzene rings is 2. The van der Waals surface area contributed by atoms with Crippen LogP contribution in [0.2, 0.25) is 0 Å². The van der Waals surface area contributed by atoms with Crippen LogP contribution in [0.15, 0.2) is 42.5 Å². The zero-order valence-corrected chi connectivity index (χ0v) is 27.0. The molecule has 0 aliphatic carbocycles. The van der Waals surface area contributed by atoms with Crippen LogP contribution in [0.25, 0.3) is 20.5 Å². The second kappa shape index (κ2) is 14.3. The zero-order valence-electron chi connectivity index (χ0n) is 26.2. The maximum Gasteiger partial charge on any atom is 0.417 e. The van der Waals surface area contributed by atoms with Crippen molar-refractivity contribution in [2.24, 2.45) is 22.8 Å². The standard InChI is InChI=1S/C33H42F6N2O3S/c1-6-7-8-9-20-10-13-24(25(14-20)33(37,38)39)27-15-21-11-12-23(16-26(21)45-27)43-18-22(32(34,35)36)19-44-29(42)31(4,5)28(40)17-30(2,3)41/h10-16,22,28H,6-9,17-19,40-41H2,1-5H3. The van der Waals surface area contributed by atoms with E-state index in [1.807, 2.05) is 6.92 Å². The van der Waals surface area contributed by atoms with E-state index in [-0.39, 0.29) is 17.7 Å². The summed E-state index contributed by atoms with van der Waals surface area (Å²) in [6.45, 7) is 6.67. The Morgan fingerprint density at radius 1 is 0.933 bits per heavy atom. The summed E-state index contributed by atoms with van der Waals surface area (Å²) in [6, 6.07) is 9.79. The van der Waals surface area contributed by atoms with Crippen LogP contribution < -0.4 is 16.2 Å². The van der Waals surface area contributed by atoms with Crippen LogP contribution in [0, 0.1) is 11.3 Å². The van der Waals surface area contributed by atoms with Crippen molar-refractivity contribution in [3.8, 4) is 16.2 Å². The topological polar surface area (TPSA) is 87.6 Å². The predicted molar refractivity (Wildman–Crippen MR) is 166 cm³/mol. The summed E-state index contributed by atoms with van der Waals surface area (Å²) >= 11 is 1.09. The molecule has 250 valence electrons. The predicted octanol–water partition coefficient (Wildman–Crippen LogP) is 8.90. The third kappa shape index (κ3) is 10.1. The lowest BCUT2D eigenvalue weighted by molar-refractivity contribution is -0.200. The number of halogens is 6. The van der Waals surface area contributed by atoms with Crippen LogP contribution in [-0.4, -0.2) is 36.9 Å². The average Bonchev–Trinajstić information content (AvgIpc) is 3.34. The number of ether oxygens (including phenoxy) is 2. The molecule has 0 spiro atoms. The van der Waals surface area contributed by atoms with Gasteiger partial charge in [-0.1, -0.05) is 31.9 Å². The summed E-state index contributed by atoms with van der Waals surface area (Å²) in [7, 11) is 0. The van der Waals surface area contributed by atoms with Gasteiger partial charge in [0.1, 0.15) is 24.9 Å². The summed E-state index contributed by atoms with van der Waals surface area (Å²) < 4.78 is 94.7. The Morgan fingerprint density at radius 2 is 1.62 bits per heavy atom. The van der Waals surface area contributed by atoms with Gasteiger partial charge in [0.15, 0.2) is 0 Å². The largest absolute Gasteiger partial charge is 0.493 e. The van der Waals surface area contributed by atoms with Gasteiger partial charge in [-0.05, 0) is 88.2 Å². The fourth-order valence-electron chi connectivity index (χ4n) is 4.78. The van der Waals surface area contributed by atoms with Gasteiger partial charge < -0.3 is 20.9 Å². The molecule has 0 aliphatic heterocycles. The van der Waals surface area contributed by atoms with Gasteiger partial charge in [-0.3, -0.25) is 4.79 Å². The lowest BCUT2D eigenvalue weighted by Gasteiger charge is -2.34. The highest BCUT2D eigenvalue weighted by atomic mass is 32.1. The van der Waals surface area contributed by atoms with Gasteiger partial charge in [-0.15, -0.1) is 11.3 Å². The Labute approximate surface area is 264 Å². The first kappa shape index (κ1) is 36.6. The number of alkyl halides is 6.